The van der Waals surface area contributed by atoms with E-state index in [-0.39, 0.29) is 19.0 Å². The Labute approximate surface area is 125 Å². The van der Waals surface area contributed by atoms with Crippen molar-refractivity contribution in [2.24, 2.45) is 0 Å². The van der Waals surface area contributed by atoms with Crippen LogP contribution in [-0.4, -0.2) is 31.3 Å². The maximum absolute atomic E-state index is 8.84. The second-order valence-electron chi connectivity index (χ2n) is 4.54. The Morgan fingerprint density at radius 3 is 2.80 bits per heavy atom. The van der Waals surface area contributed by atoms with Crippen molar-refractivity contribution in [1.82, 2.24) is 19.6 Å². The molecule has 0 aliphatic rings. The molecule has 0 saturated heterocycles. The molecule has 0 bridgehead atoms. The average molecular weight is 300 g/mol. The van der Waals surface area contributed by atoms with Gasteiger partial charge >= 0.3 is 0 Å². The summed E-state index contributed by atoms with van der Waals surface area (Å²) in [5, 5.41) is 20.9. The van der Waals surface area contributed by atoms with Crippen molar-refractivity contribution in [3.63, 3.8) is 0 Å². The van der Waals surface area contributed by atoms with Gasteiger partial charge in [-0.15, -0.1) is 12.4 Å². The zero-order valence-electron chi connectivity index (χ0n) is 11.9. The first-order chi connectivity index (χ1) is 9.22. The molecule has 2 aromatic heterocycles. The van der Waals surface area contributed by atoms with Gasteiger partial charge in [0.2, 0.25) is 0 Å². The summed E-state index contributed by atoms with van der Waals surface area (Å²) in [6.45, 7) is 6.41. The largest absolute Gasteiger partial charge is 0.394 e. The van der Waals surface area contributed by atoms with E-state index in [4.69, 9.17) is 5.11 Å². The topological polar surface area (TPSA) is 67.9 Å². The number of aliphatic hydroxyl groups excluding tert-OH is 1. The minimum Gasteiger partial charge on any atom is -0.394 e. The van der Waals surface area contributed by atoms with Crippen molar-refractivity contribution in [3.05, 3.63) is 29.7 Å². The summed E-state index contributed by atoms with van der Waals surface area (Å²) in [4.78, 5) is 0. The van der Waals surface area contributed by atoms with Gasteiger partial charge in [0.05, 0.1) is 31.1 Å². The van der Waals surface area contributed by atoms with Crippen molar-refractivity contribution in [1.29, 1.82) is 0 Å². The number of halogens is 1. The fourth-order valence-corrected chi connectivity index (χ4v) is 2.01. The number of anilines is 1. The summed E-state index contributed by atoms with van der Waals surface area (Å²) in [5.74, 6) is 0.815. The van der Waals surface area contributed by atoms with Gasteiger partial charge in [0, 0.05) is 18.8 Å². The molecule has 0 saturated carbocycles. The van der Waals surface area contributed by atoms with E-state index in [1.165, 1.54) is 0 Å². The highest BCUT2D eigenvalue weighted by Gasteiger charge is 2.05. The average Bonchev–Trinajstić information content (AvgIpc) is 2.95. The van der Waals surface area contributed by atoms with E-state index in [0.717, 1.165) is 30.2 Å². The molecule has 0 fully saturated rings. The van der Waals surface area contributed by atoms with Gasteiger partial charge in [0.1, 0.15) is 5.82 Å². The number of nitrogens with one attached hydrogen (secondary N) is 1. The Morgan fingerprint density at radius 2 is 2.10 bits per heavy atom. The molecule has 0 aromatic carbocycles. The van der Waals surface area contributed by atoms with Crippen LogP contribution in [0.4, 0.5) is 5.82 Å². The molecule has 0 amide bonds. The van der Waals surface area contributed by atoms with Crippen LogP contribution in [0.5, 0.6) is 0 Å². The third-order valence-corrected chi connectivity index (χ3v) is 2.84. The third kappa shape index (κ3) is 4.25. The summed E-state index contributed by atoms with van der Waals surface area (Å²) in [6.07, 6.45) is 2.92. The molecular weight excluding hydrogens is 278 g/mol. The Kier molecular flexibility index (Phi) is 6.54. The maximum atomic E-state index is 8.84. The number of nitrogens with zero attached hydrogens (tertiary/aromatic N) is 4. The van der Waals surface area contributed by atoms with Crippen LogP contribution in [0.3, 0.4) is 0 Å². The van der Waals surface area contributed by atoms with Crippen LogP contribution in [0.1, 0.15) is 24.7 Å². The highest BCUT2D eigenvalue weighted by atomic mass is 35.5. The SMILES string of the molecule is CCCn1nc(C)cc1CNc1ccn(CCO)n1.Cl. The highest BCUT2D eigenvalue weighted by Crippen LogP contribution is 2.09. The Hall–Kier alpha value is -1.53. The van der Waals surface area contributed by atoms with Crippen LogP contribution >= 0.6 is 12.4 Å². The number of aryl methyl sites for hydroxylation is 2. The van der Waals surface area contributed by atoms with Crippen LogP contribution < -0.4 is 5.32 Å². The molecule has 0 atom stereocenters. The highest BCUT2D eigenvalue weighted by molar-refractivity contribution is 5.85. The lowest BCUT2D eigenvalue weighted by atomic mass is 10.3. The monoisotopic (exact) mass is 299 g/mol. The first-order valence-corrected chi connectivity index (χ1v) is 6.64. The Bertz CT molecular complexity index is 523. The van der Waals surface area contributed by atoms with E-state index in [0.29, 0.717) is 13.1 Å². The maximum Gasteiger partial charge on any atom is 0.148 e. The number of hydrogen-bond donors (Lipinski definition) is 2. The lowest BCUT2D eigenvalue weighted by molar-refractivity contribution is 0.269. The summed E-state index contributed by atoms with van der Waals surface area (Å²) in [7, 11) is 0. The van der Waals surface area contributed by atoms with Crippen LogP contribution in [0.25, 0.3) is 0 Å². The quantitative estimate of drug-likeness (QED) is 0.818. The zero-order valence-corrected chi connectivity index (χ0v) is 12.7. The predicted molar refractivity (Wildman–Crippen MR) is 81.1 cm³/mol. The number of aliphatic hydroxyl groups is 1. The Balaban J connectivity index is 0.00000200. The van der Waals surface area contributed by atoms with Crippen LogP contribution in [-0.2, 0) is 19.6 Å². The number of rotatable bonds is 7. The van der Waals surface area contributed by atoms with Gasteiger partial charge in [-0.3, -0.25) is 9.36 Å². The molecule has 2 rings (SSSR count). The number of hydrogen-bond acceptors (Lipinski definition) is 4. The van der Waals surface area contributed by atoms with Crippen LogP contribution in [0, 0.1) is 6.92 Å². The van der Waals surface area contributed by atoms with E-state index >= 15 is 0 Å². The molecule has 112 valence electrons. The van der Waals surface area contributed by atoms with Crippen LogP contribution in [0.15, 0.2) is 18.3 Å². The molecule has 0 unspecified atom stereocenters. The van der Waals surface area contributed by atoms with Crippen molar-refractivity contribution in [2.45, 2.75) is 39.9 Å². The molecular formula is C13H22ClN5O. The van der Waals surface area contributed by atoms with Gasteiger partial charge in [-0.25, -0.2) is 0 Å². The van der Waals surface area contributed by atoms with Gasteiger partial charge in [0.25, 0.3) is 0 Å². The molecule has 0 aliphatic heterocycles. The fourth-order valence-electron chi connectivity index (χ4n) is 2.01. The molecule has 20 heavy (non-hydrogen) atoms. The molecule has 2 heterocycles. The van der Waals surface area contributed by atoms with E-state index in [9.17, 15) is 0 Å². The van der Waals surface area contributed by atoms with E-state index in [1.807, 2.05) is 23.9 Å². The number of aromatic nitrogens is 4. The molecule has 6 nitrogen and oxygen atoms in total. The minimum absolute atomic E-state index is 0. The van der Waals surface area contributed by atoms with Crippen molar-refractivity contribution >= 4 is 18.2 Å². The van der Waals surface area contributed by atoms with Gasteiger partial charge in [-0.2, -0.15) is 10.2 Å². The first-order valence-electron chi connectivity index (χ1n) is 6.64. The summed E-state index contributed by atoms with van der Waals surface area (Å²) >= 11 is 0. The van der Waals surface area contributed by atoms with E-state index in [2.05, 4.69) is 28.5 Å². The van der Waals surface area contributed by atoms with Gasteiger partial charge in [-0.05, 0) is 19.4 Å². The second kappa shape index (κ2) is 7.91. The van der Waals surface area contributed by atoms with E-state index in [1.54, 1.807) is 4.68 Å². The van der Waals surface area contributed by atoms with Crippen molar-refractivity contribution in [3.8, 4) is 0 Å². The molecule has 2 N–H and O–H groups in total. The summed E-state index contributed by atoms with van der Waals surface area (Å²) < 4.78 is 3.75. The standard InChI is InChI=1S/C13H21N5O.ClH/c1-3-5-18-12(9-11(2)15-18)10-14-13-4-6-17(16-13)7-8-19;/h4,6,9,19H,3,5,7-8,10H2,1-2H3,(H,14,16);1H. The smallest absolute Gasteiger partial charge is 0.148 e. The lowest BCUT2D eigenvalue weighted by Crippen LogP contribution is -2.10. The summed E-state index contributed by atoms with van der Waals surface area (Å²) in [6, 6.07) is 4.00. The fraction of sp³-hybridized carbons (Fsp3) is 0.538. The molecule has 2 aromatic rings. The predicted octanol–water partition coefficient (Wildman–Crippen LogP) is 1.82. The molecule has 0 aliphatic carbocycles. The van der Waals surface area contributed by atoms with Crippen molar-refractivity contribution in [2.75, 3.05) is 11.9 Å². The van der Waals surface area contributed by atoms with Crippen LogP contribution in [0.2, 0.25) is 0 Å². The van der Waals surface area contributed by atoms with Gasteiger partial charge in [0.15, 0.2) is 0 Å². The molecule has 7 heteroatoms. The zero-order chi connectivity index (χ0) is 13.7. The molecule has 0 radical (unpaired) electrons. The third-order valence-electron chi connectivity index (χ3n) is 2.84. The van der Waals surface area contributed by atoms with Gasteiger partial charge < -0.3 is 10.4 Å². The molecule has 0 spiro atoms. The summed E-state index contributed by atoms with van der Waals surface area (Å²) in [5.41, 5.74) is 2.20. The minimum atomic E-state index is 0. The Morgan fingerprint density at radius 1 is 1.30 bits per heavy atom. The van der Waals surface area contributed by atoms with Gasteiger partial charge in [-0.1, -0.05) is 6.92 Å². The van der Waals surface area contributed by atoms with E-state index < -0.39 is 0 Å². The normalized spacial score (nSPS) is 10.3. The lowest BCUT2D eigenvalue weighted by Gasteiger charge is -2.06. The second-order valence-corrected chi connectivity index (χ2v) is 4.54. The first kappa shape index (κ1) is 16.5. The van der Waals surface area contributed by atoms with Crippen molar-refractivity contribution < 1.29 is 5.11 Å².